The van der Waals surface area contributed by atoms with Crippen LogP contribution < -0.4 is 5.73 Å². The standard InChI is InChI=1S/C13H13N3O/c14-12(10-3-6-15-7-4-10)8-13(17)11-2-1-5-16-9-11/h1-7,9,12H,8,14H2. The molecule has 0 aliphatic rings. The van der Waals surface area contributed by atoms with Gasteiger partial charge in [-0.15, -0.1) is 0 Å². The van der Waals surface area contributed by atoms with Crippen molar-refractivity contribution in [3.63, 3.8) is 0 Å². The summed E-state index contributed by atoms with van der Waals surface area (Å²) < 4.78 is 0. The van der Waals surface area contributed by atoms with Gasteiger partial charge in [0, 0.05) is 42.8 Å². The van der Waals surface area contributed by atoms with Crippen LogP contribution in [-0.4, -0.2) is 15.8 Å². The number of nitrogens with zero attached hydrogens (tertiary/aromatic N) is 2. The largest absolute Gasteiger partial charge is 0.324 e. The fourth-order valence-electron chi connectivity index (χ4n) is 1.57. The summed E-state index contributed by atoms with van der Waals surface area (Å²) in [7, 11) is 0. The van der Waals surface area contributed by atoms with E-state index in [-0.39, 0.29) is 18.2 Å². The van der Waals surface area contributed by atoms with Crippen LogP contribution in [0, 0.1) is 0 Å². The Kier molecular flexibility index (Phi) is 3.57. The van der Waals surface area contributed by atoms with Crippen LogP contribution >= 0.6 is 0 Å². The van der Waals surface area contributed by atoms with Crippen LogP contribution in [0.3, 0.4) is 0 Å². The molecule has 0 saturated heterocycles. The predicted molar refractivity (Wildman–Crippen MR) is 64.3 cm³/mol. The number of pyridine rings is 2. The van der Waals surface area contributed by atoms with Crippen molar-refractivity contribution in [1.29, 1.82) is 0 Å². The maximum atomic E-state index is 11.9. The van der Waals surface area contributed by atoms with Crippen molar-refractivity contribution in [2.45, 2.75) is 12.5 Å². The highest BCUT2D eigenvalue weighted by molar-refractivity contribution is 5.96. The molecule has 2 rings (SSSR count). The molecular weight excluding hydrogens is 214 g/mol. The molecule has 1 unspecified atom stereocenters. The molecule has 0 aliphatic heterocycles. The lowest BCUT2D eigenvalue weighted by Gasteiger charge is -2.10. The van der Waals surface area contributed by atoms with Crippen molar-refractivity contribution in [3.05, 3.63) is 60.2 Å². The van der Waals surface area contributed by atoms with Gasteiger partial charge in [0.15, 0.2) is 5.78 Å². The molecule has 0 fully saturated rings. The smallest absolute Gasteiger partial charge is 0.166 e. The lowest BCUT2D eigenvalue weighted by molar-refractivity contribution is 0.0974. The number of aromatic nitrogens is 2. The minimum absolute atomic E-state index is 0.00223. The monoisotopic (exact) mass is 227 g/mol. The molecule has 17 heavy (non-hydrogen) atoms. The van der Waals surface area contributed by atoms with Gasteiger partial charge in [-0.1, -0.05) is 0 Å². The van der Waals surface area contributed by atoms with Gasteiger partial charge in [-0.3, -0.25) is 14.8 Å². The number of nitrogens with two attached hydrogens (primary N) is 1. The van der Waals surface area contributed by atoms with Crippen LogP contribution in [0.25, 0.3) is 0 Å². The quantitative estimate of drug-likeness (QED) is 0.808. The number of carbonyl (C=O) groups is 1. The Bertz CT molecular complexity index is 485. The molecule has 2 aromatic rings. The SMILES string of the molecule is NC(CC(=O)c1cccnc1)c1ccncc1. The Balaban J connectivity index is 2.05. The van der Waals surface area contributed by atoms with Gasteiger partial charge in [0.25, 0.3) is 0 Å². The summed E-state index contributed by atoms with van der Waals surface area (Å²) in [6, 6.07) is 6.83. The molecule has 0 saturated carbocycles. The van der Waals surface area contributed by atoms with Gasteiger partial charge in [0.05, 0.1) is 0 Å². The van der Waals surface area contributed by atoms with Crippen molar-refractivity contribution in [2.24, 2.45) is 5.73 Å². The Hall–Kier alpha value is -2.07. The predicted octanol–water partition coefficient (Wildman–Crippen LogP) is 1.75. The zero-order valence-corrected chi connectivity index (χ0v) is 9.28. The molecule has 2 heterocycles. The first-order valence-corrected chi connectivity index (χ1v) is 5.36. The fraction of sp³-hybridized carbons (Fsp3) is 0.154. The van der Waals surface area contributed by atoms with Crippen LogP contribution in [0.2, 0.25) is 0 Å². The van der Waals surface area contributed by atoms with Crippen molar-refractivity contribution in [2.75, 3.05) is 0 Å². The fourth-order valence-corrected chi connectivity index (χ4v) is 1.57. The zero-order chi connectivity index (χ0) is 12.1. The van der Waals surface area contributed by atoms with Gasteiger partial charge < -0.3 is 5.73 Å². The molecule has 2 N–H and O–H groups in total. The number of ketones is 1. The third-order valence-electron chi connectivity index (χ3n) is 2.52. The summed E-state index contributed by atoms with van der Waals surface area (Å²) in [5, 5.41) is 0. The third-order valence-corrected chi connectivity index (χ3v) is 2.52. The third kappa shape index (κ3) is 2.95. The molecule has 0 bridgehead atoms. The summed E-state index contributed by atoms with van der Waals surface area (Å²) in [6.07, 6.45) is 6.81. The average molecular weight is 227 g/mol. The summed E-state index contributed by atoms with van der Waals surface area (Å²) >= 11 is 0. The van der Waals surface area contributed by atoms with E-state index in [1.165, 1.54) is 0 Å². The van der Waals surface area contributed by atoms with Gasteiger partial charge in [-0.25, -0.2) is 0 Å². The van der Waals surface area contributed by atoms with Crippen molar-refractivity contribution >= 4 is 5.78 Å². The van der Waals surface area contributed by atoms with E-state index in [9.17, 15) is 4.79 Å². The van der Waals surface area contributed by atoms with E-state index < -0.39 is 0 Å². The zero-order valence-electron chi connectivity index (χ0n) is 9.28. The second-order valence-corrected chi connectivity index (χ2v) is 3.76. The molecule has 0 aliphatic carbocycles. The normalized spacial score (nSPS) is 12.1. The van der Waals surface area contributed by atoms with Crippen LogP contribution in [0.1, 0.15) is 28.4 Å². The lowest BCUT2D eigenvalue weighted by Crippen LogP contribution is -2.15. The highest BCUT2D eigenvalue weighted by Gasteiger charge is 2.13. The topological polar surface area (TPSA) is 68.9 Å². The van der Waals surface area contributed by atoms with Gasteiger partial charge >= 0.3 is 0 Å². The molecule has 4 nitrogen and oxygen atoms in total. The summed E-state index contributed by atoms with van der Waals surface area (Å²) in [6.45, 7) is 0. The van der Waals surface area contributed by atoms with Crippen LogP contribution in [0.15, 0.2) is 49.1 Å². The number of hydrogen-bond acceptors (Lipinski definition) is 4. The molecule has 0 aromatic carbocycles. The summed E-state index contributed by atoms with van der Waals surface area (Å²) in [4.78, 5) is 19.7. The van der Waals surface area contributed by atoms with E-state index >= 15 is 0 Å². The van der Waals surface area contributed by atoms with Crippen molar-refractivity contribution in [3.8, 4) is 0 Å². The molecule has 1 atom stereocenters. The maximum absolute atomic E-state index is 11.9. The van der Waals surface area contributed by atoms with Gasteiger partial charge in [0.2, 0.25) is 0 Å². The van der Waals surface area contributed by atoms with E-state index in [0.717, 1.165) is 5.56 Å². The molecule has 2 aromatic heterocycles. The first kappa shape index (κ1) is 11.4. The minimum Gasteiger partial charge on any atom is -0.324 e. The second-order valence-electron chi connectivity index (χ2n) is 3.76. The Morgan fingerprint density at radius 2 is 1.94 bits per heavy atom. The average Bonchev–Trinajstić information content (AvgIpc) is 2.40. The number of hydrogen-bond donors (Lipinski definition) is 1. The van der Waals surface area contributed by atoms with Gasteiger partial charge in [-0.2, -0.15) is 0 Å². The molecular formula is C13H13N3O. The number of carbonyl (C=O) groups excluding carboxylic acids is 1. The van der Waals surface area contributed by atoms with E-state index in [1.807, 2.05) is 12.1 Å². The van der Waals surface area contributed by atoms with E-state index in [1.54, 1.807) is 36.9 Å². The summed E-state index contributed by atoms with van der Waals surface area (Å²) in [5.41, 5.74) is 7.47. The maximum Gasteiger partial charge on any atom is 0.166 e. The van der Waals surface area contributed by atoms with Crippen LogP contribution in [-0.2, 0) is 0 Å². The van der Waals surface area contributed by atoms with E-state index in [0.29, 0.717) is 5.56 Å². The Labute approximate surface area is 99.5 Å². The Morgan fingerprint density at radius 3 is 2.59 bits per heavy atom. The molecule has 0 radical (unpaired) electrons. The molecule has 0 amide bonds. The van der Waals surface area contributed by atoms with Crippen molar-refractivity contribution in [1.82, 2.24) is 9.97 Å². The summed E-state index contributed by atoms with van der Waals surface area (Å²) in [5.74, 6) is 0.00223. The van der Waals surface area contributed by atoms with E-state index in [4.69, 9.17) is 5.73 Å². The molecule has 0 spiro atoms. The first-order valence-electron chi connectivity index (χ1n) is 5.36. The van der Waals surface area contributed by atoms with Crippen molar-refractivity contribution < 1.29 is 4.79 Å². The Morgan fingerprint density at radius 1 is 1.18 bits per heavy atom. The second kappa shape index (κ2) is 5.32. The van der Waals surface area contributed by atoms with Crippen LogP contribution in [0.4, 0.5) is 0 Å². The highest BCUT2D eigenvalue weighted by atomic mass is 16.1. The molecule has 4 heteroatoms. The highest BCUT2D eigenvalue weighted by Crippen LogP contribution is 2.15. The minimum atomic E-state index is -0.300. The first-order chi connectivity index (χ1) is 8.27. The number of Topliss-reactive ketones (excluding diaryl/α,β-unsaturated/α-hetero) is 1. The molecule has 86 valence electrons. The number of rotatable bonds is 4. The van der Waals surface area contributed by atoms with Crippen LogP contribution in [0.5, 0.6) is 0 Å². The van der Waals surface area contributed by atoms with Gasteiger partial charge in [0.1, 0.15) is 0 Å². The van der Waals surface area contributed by atoms with E-state index in [2.05, 4.69) is 9.97 Å². The van der Waals surface area contributed by atoms with Gasteiger partial charge in [-0.05, 0) is 29.8 Å². The lowest BCUT2D eigenvalue weighted by atomic mass is 10.0.